The lowest BCUT2D eigenvalue weighted by atomic mass is 9.97. The van der Waals surface area contributed by atoms with Crippen LogP contribution in [-0.4, -0.2) is 86.8 Å². The lowest BCUT2D eigenvalue weighted by Crippen LogP contribution is -2.38. The van der Waals surface area contributed by atoms with Crippen LogP contribution in [-0.2, 0) is 31.9 Å². The van der Waals surface area contributed by atoms with Crippen LogP contribution in [0.3, 0.4) is 0 Å². The Labute approximate surface area is 239 Å². The fraction of sp³-hybridized carbons (Fsp3) is 0.429. The summed E-state index contributed by atoms with van der Waals surface area (Å²) in [5.74, 6) is -6.83. The minimum Gasteiger partial charge on any atom is -0.484 e. The Bertz CT molecular complexity index is 1150. The van der Waals surface area contributed by atoms with Crippen molar-refractivity contribution in [1.29, 1.82) is 0 Å². The second-order valence-corrected chi connectivity index (χ2v) is 9.54. The summed E-state index contributed by atoms with van der Waals surface area (Å²) in [5, 5.41) is 29.6. The van der Waals surface area contributed by atoms with Gasteiger partial charge in [0.25, 0.3) is 0 Å². The zero-order chi connectivity index (χ0) is 31.3. The zero-order valence-electron chi connectivity index (χ0n) is 22.6. The number of ether oxygens (including phenoxy) is 1. The van der Waals surface area contributed by atoms with Crippen LogP contribution < -0.4 is 4.74 Å². The molecule has 0 bridgehead atoms. The SMILES string of the molecule is FC(F)(F)c1ccc(OC2CN(CCCN3CCCCC3)Cc3ccccc32)cc1.O=C(O)C(=O)O.O=C(O)C(=O)O. The van der Waals surface area contributed by atoms with Crippen molar-refractivity contribution in [3.8, 4) is 5.75 Å². The van der Waals surface area contributed by atoms with Crippen molar-refractivity contribution in [2.24, 2.45) is 0 Å². The van der Waals surface area contributed by atoms with E-state index in [-0.39, 0.29) is 6.10 Å². The van der Waals surface area contributed by atoms with Crippen LogP contribution in [0.25, 0.3) is 0 Å². The summed E-state index contributed by atoms with van der Waals surface area (Å²) in [6.07, 6.45) is 0.570. The Balaban J connectivity index is 0.000000434. The molecule has 0 aliphatic carbocycles. The number of hydrogen-bond donors (Lipinski definition) is 4. The molecule has 0 saturated carbocycles. The highest BCUT2D eigenvalue weighted by molar-refractivity contribution is 6.27. The van der Waals surface area contributed by atoms with Crippen LogP contribution in [0.4, 0.5) is 13.2 Å². The molecule has 1 saturated heterocycles. The topological polar surface area (TPSA) is 165 Å². The number of halogens is 3. The fourth-order valence-electron chi connectivity index (χ4n) is 4.49. The van der Waals surface area contributed by atoms with Gasteiger partial charge in [0.2, 0.25) is 0 Å². The average molecular weight is 599 g/mol. The number of carbonyl (C=O) groups is 4. The first-order chi connectivity index (χ1) is 19.8. The Morgan fingerprint density at radius 3 is 1.81 bits per heavy atom. The van der Waals surface area contributed by atoms with Crippen molar-refractivity contribution in [1.82, 2.24) is 9.80 Å². The first kappa shape index (κ1) is 34.0. The van der Waals surface area contributed by atoms with E-state index in [1.807, 2.05) is 12.1 Å². The number of aliphatic carboxylic acids is 4. The molecule has 2 aliphatic heterocycles. The summed E-state index contributed by atoms with van der Waals surface area (Å²) in [6, 6.07) is 13.2. The van der Waals surface area contributed by atoms with E-state index in [9.17, 15) is 13.2 Å². The van der Waals surface area contributed by atoms with E-state index in [0.717, 1.165) is 50.3 Å². The molecule has 0 amide bonds. The maximum Gasteiger partial charge on any atom is 0.416 e. The van der Waals surface area contributed by atoms with Gasteiger partial charge in [0.05, 0.1) is 5.56 Å². The Morgan fingerprint density at radius 1 is 0.762 bits per heavy atom. The van der Waals surface area contributed by atoms with Gasteiger partial charge in [0.15, 0.2) is 0 Å². The first-order valence-electron chi connectivity index (χ1n) is 13.1. The zero-order valence-corrected chi connectivity index (χ0v) is 22.6. The number of likely N-dealkylation sites (tertiary alicyclic amines) is 1. The predicted octanol–water partition coefficient (Wildman–Crippen LogP) is 3.83. The third kappa shape index (κ3) is 11.7. The van der Waals surface area contributed by atoms with Crippen LogP contribution in [0.2, 0.25) is 0 Å². The fourth-order valence-corrected chi connectivity index (χ4v) is 4.49. The molecule has 4 rings (SSSR count). The van der Waals surface area contributed by atoms with E-state index in [1.165, 1.54) is 50.0 Å². The smallest absolute Gasteiger partial charge is 0.416 e. The molecule has 2 heterocycles. The van der Waals surface area contributed by atoms with Crippen LogP contribution in [0, 0.1) is 0 Å². The van der Waals surface area contributed by atoms with Crippen molar-refractivity contribution in [2.45, 2.75) is 44.5 Å². The monoisotopic (exact) mass is 598 g/mol. The predicted molar refractivity (Wildman–Crippen MR) is 142 cm³/mol. The van der Waals surface area contributed by atoms with Crippen molar-refractivity contribution >= 4 is 23.9 Å². The summed E-state index contributed by atoms with van der Waals surface area (Å²) in [5.41, 5.74) is 1.71. The summed E-state index contributed by atoms with van der Waals surface area (Å²) >= 11 is 0. The van der Waals surface area contributed by atoms with E-state index < -0.39 is 35.6 Å². The molecule has 2 aliphatic rings. The van der Waals surface area contributed by atoms with Crippen LogP contribution in [0.1, 0.15) is 48.5 Å². The van der Waals surface area contributed by atoms with Gasteiger partial charge in [-0.05, 0) is 80.8 Å². The lowest BCUT2D eigenvalue weighted by molar-refractivity contribution is -0.159. The molecule has 4 N–H and O–H groups in total. The number of rotatable bonds is 6. The van der Waals surface area contributed by atoms with Gasteiger partial charge >= 0.3 is 30.1 Å². The van der Waals surface area contributed by atoms with E-state index >= 15 is 0 Å². The molecule has 42 heavy (non-hydrogen) atoms. The van der Waals surface area contributed by atoms with E-state index in [0.29, 0.717) is 5.75 Å². The quantitative estimate of drug-likeness (QED) is 0.357. The molecule has 1 unspecified atom stereocenters. The number of hydrogen-bond acceptors (Lipinski definition) is 7. The normalized spacial score (nSPS) is 16.9. The molecular weight excluding hydrogens is 565 g/mol. The third-order valence-corrected chi connectivity index (χ3v) is 6.44. The van der Waals surface area contributed by atoms with E-state index in [1.54, 1.807) is 0 Å². The Morgan fingerprint density at radius 2 is 1.29 bits per heavy atom. The second-order valence-electron chi connectivity index (χ2n) is 9.54. The molecule has 230 valence electrons. The van der Waals surface area contributed by atoms with Gasteiger partial charge in [-0.1, -0.05) is 30.7 Å². The van der Waals surface area contributed by atoms with Crippen LogP contribution >= 0.6 is 0 Å². The molecular formula is C28H33F3N2O9. The summed E-state index contributed by atoms with van der Waals surface area (Å²) in [7, 11) is 0. The Hall–Kier alpha value is -4.17. The molecule has 11 nitrogen and oxygen atoms in total. The van der Waals surface area contributed by atoms with Gasteiger partial charge in [-0.15, -0.1) is 0 Å². The molecule has 0 spiro atoms. The first-order valence-corrected chi connectivity index (χ1v) is 13.1. The van der Waals surface area contributed by atoms with Gasteiger partial charge in [-0.25, -0.2) is 19.2 Å². The Kier molecular flexibility index (Phi) is 13.2. The number of fused-ring (bicyclic) bond motifs is 1. The van der Waals surface area contributed by atoms with Gasteiger partial charge < -0.3 is 30.1 Å². The number of carboxylic acid groups (broad SMARTS) is 4. The highest BCUT2D eigenvalue weighted by Gasteiger charge is 2.31. The average Bonchev–Trinajstić information content (AvgIpc) is 2.94. The highest BCUT2D eigenvalue weighted by atomic mass is 19.4. The molecule has 0 radical (unpaired) electrons. The molecule has 1 fully saturated rings. The second kappa shape index (κ2) is 16.3. The number of piperidine rings is 1. The highest BCUT2D eigenvalue weighted by Crippen LogP contribution is 2.33. The lowest BCUT2D eigenvalue weighted by Gasteiger charge is -2.35. The van der Waals surface area contributed by atoms with Crippen molar-refractivity contribution in [2.75, 3.05) is 32.7 Å². The molecule has 2 aromatic rings. The molecule has 1 atom stereocenters. The number of carboxylic acids is 4. The maximum absolute atomic E-state index is 12.8. The third-order valence-electron chi connectivity index (χ3n) is 6.44. The van der Waals surface area contributed by atoms with Gasteiger partial charge in [0, 0.05) is 13.1 Å². The summed E-state index contributed by atoms with van der Waals surface area (Å²) in [4.78, 5) is 41.4. The summed E-state index contributed by atoms with van der Waals surface area (Å²) in [6.45, 7) is 6.19. The number of nitrogens with zero attached hydrogens (tertiary/aromatic N) is 2. The molecule has 2 aromatic carbocycles. The number of alkyl halides is 3. The van der Waals surface area contributed by atoms with Crippen molar-refractivity contribution in [3.63, 3.8) is 0 Å². The standard InChI is InChI=1S/C24H29F3N2O.2C2H2O4/c25-24(26,27)20-9-11-21(12-10-20)30-23-18-29(17-19-7-2-3-8-22(19)23)16-6-15-28-13-4-1-5-14-28;2*3-1(4)2(5)6/h2-3,7-12,23H,1,4-6,13-18H2;2*(H,3,4)(H,5,6). The van der Waals surface area contributed by atoms with Gasteiger partial charge in [-0.3, -0.25) is 4.90 Å². The van der Waals surface area contributed by atoms with Crippen LogP contribution in [0.5, 0.6) is 5.75 Å². The van der Waals surface area contributed by atoms with Gasteiger partial charge in [0.1, 0.15) is 11.9 Å². The van der Waals surface area contributed by atoms with Crippen molar-refractivity contribution in [3.05, 3.63) is 65.2 Å². The van der Waals surface area contributed by atoms with E-state index in [4.69, 9.17) is 44.3 Å². The molecule has 14 heteroatoms. The summed E-state index contributed by atoms with van der Waals surface area (Å²) < 4.78 is 44.6. The van der Waals surface area contributed by atoms with E-state index in [2.05, 4.69) is 21.9 Å². The van der Waals surface area contributed by atoms with Crippen LogP contribution in [0.15, 0.2) is 48.5 Å². The minimum absolute atomic E-state index is 0.179. The molecule has 0 aromatic heterocycles. The van der Waals surface area contributed by atoms with Crippen molar-refractivity contribution < 1.29 is 57.5 Å². The van der Waals surface area contributed by atoms with Gasteiger partial charge in [-0.2, -0.15) is 13.2 Å². The largest absolute Gasteiger partial charge is 0.484 e. The minimum atomic E-state index is -4.33. The maximum atomic E-state index is 12.8. The number of benzene rings is 2.